The summed E-state index contributed by atoms with van der Waals surface area (Å²) in [4.78, 5) is 21.9. The first-order chi connectivity index (χ1) is 22.1. The summed E-state index contributed by atoms with van der Waals surface area (Å²) in [5.74, 6) is 0.181. The van der Waals surface area contributed by atoms with Gasteiger partial charge in [0.1, 0.15) is 0 Å². The van der Waals surface area contributed by atoms with Gasteiger partial charge in [-0.05, 0) is 87.9 Å². The van der Waals surface area contributed by atoms with Crippen molar-refractivity contribution in [2.45, 2.75) is 93.7 Å². The summed E-state index contributed by atoms with van der Waals surface area (Å²) < 4.78 is 0. The number of aryl methyl sites for hydroxylation is 2. The van der Waals surface area contributed by atoms with Crippen molar-refractivity contribution in [2.24, 2.45) is 5.73 Å². The van der Waals surface area contributed by atoms with Gasteiger partial charge in [-0.1, -0.05) is 82.3 Å². The smallest absolute Gasteiger partial charge is 0.159 e. The van der Waals surface area contributed by atoms with Crippen molar-refractivity contribution >= 4 is 22.3 Å². The van der Waals surface area contributed by atoms with E-state index in [9.17, 15) is 4.79 Å². The lowest BCUT2D eigenvalue weighted by Crippen LogP contribution is -2.22. The average molecular weight is 621 g/mol. The molecule has 5 heteroatoms. The van der Waals surface area contributed by atoms with E-state index in [2.05, 4.69) is 116 Å². The summed E-state index contributed by atoms with van der Waals surface area (Å²) in [7, 11) is 2.00. The Bertz CT molecular complexity index is 1620. The third-order valence-corrected chi connectivity index (χ3v) is 8.25. The van der Waals surface area contributed by atoms with E-state index in [0.29, 0.717) is 6.42 Å². The molecule has 2 heterocycles. The summed E-state index contributed by atoms with van der Waals surface area (Å²) in [6, 6.07) is 19.4. The number of aromatic nitrogens is 2. The van der Waals surface area contributed by atoms with Crippen LogP contribution in [0.4, 0.5) is 0 Å². The molecule has 4 rings (SSSR count). The Kier molecular flexibility index (Phi) is 16.0. The topological polar surface area (TPSA) is 75.0 Å². The van der Waals surface area contributed by atoms with E-state index >= 15 is 0 Å². The number of benzene rings is 2. The zero-order valence-corrected chi connectivity index (χ0v) is 29.8. The van der Waals surface area contributed by atoms with Gasteiger partial charge < -0.3 is 15.6 Å². The molecule has 0 saturated carbocycles. The van der Waals surface area contributed by atoms with Gasteiger partial charge >= 0.3 is 0 Å². The molecule has 46 heavy (non-hydrogen) atoms. The third kappa shape index (κ3) is 10.7. The Morgan fingerprint density at radius 3 is 2.41 bits per heavy atom. The maximum atomic E-state index is 11.9. The van der Waals surface area contributed by atoms with Gasteiger partial charge in [0.2, 0.25) is 0 Å². The molecule has 0 aliphatic rings. The Morgan fingerprint density at radius 1 is 1.04 bits per heavy atom. The predicted molar refractivity (Wildman–Crippen MR) is 200 cm³/mol. The molecule has 0 radical (unpaired) electrons. The molecule has 0 aliphatic heterocycles. The second-order valence-corrected chi connectivity index (χ2v) is 11.5. The molecule has 0 bridgehead atoms. The molecule has 2 aromatic heterocycles. The lowest BCUT2D eigenvalue weighted by Gasteiger charge is -2.21. The van der Waals surface area contributed by atoms with Crippen molar-refractivity contribution in [2.75, 3.05) is 7.05 Å². The molecular formula is C41H56N4O. The molecule has 5 nitrogen and oxygen atoms in total. The van der Waals surface area contributed by atoms with Crippen molar-refractivity contribution in [3.05, 3.63) is 119 Å². The van der Waals surface area contributed by atoms with Crippen LogP contribution in [0.2, 0.25) is 0 Å². The molecule has 3 N–H and O–H groups in total. The van der Waals surface area contributed by atoms with Crippen LogP contribution in [-0.4, -0.2) is 39.8 Å². The van der Waals surface area contributed by atoms with Crippen LogP contribution in [0.25, 0.3) is 27.7 Å². The van der Waals surface area contributed by atoms with Crippen LogP contribution < -0.4 is 5.73 Å². The maximum Gasteiger partial charge on any atom is 0.159 e. The fourth-order valence-electron chi connectivity index (χ4n) is 4.98. The number of nitrogens with one attached hydrogen (secondary N) is 1. The molecule has 0 saturated heterocycles. The minimum absolute atomic E-state index is 0.154. The van der Waals surface area contributed by atoms with Crippen molar-refractivity contribution in [1.82, 2.24) is 14.9 Å². The SMILES string of the molecule is C/C=C(\C=C/C(C)N(C)/C=C(\C)C(=O)CC)c1cccnc1-c1ccc(C)c(C)c1.CC.CCC(N)Cc1c[nH]c2ccccc12. The van der Waals surface area contributed by atoms with E-state index < -0.39 is 0 Å². The molecule has 246 valence electrons. The number of rotatable bonds is 11. The van der Waals surface area contributed by atoms with Crippen LogP contribution in [0.1, 0.15) is 83.6 Å². The number of nitrogens with zero attached hydrogens (tertiary/aromatic N) is 2. The highest BCUT2D eigenvalue weighted by molar-refractivity contribution is 5.94. The standard InChI is InChI=1S/C27H34N2O.C12H16N2.C2H6/c1-8-23(15-13-22(6)29(7)18-21(5)26(30)9-2)25-11-10-16-28-27(25)24-14-12-19(3)20(4)17-24;1-2-10(13)7-9-8-14-12-6-4-3-5-11(9)12;1-2/h8,10-18,22H,9H2,1-7H3;3-6,8,10,14H,2,7,13H2,1H3;1-2H3/b15-13-,21-18+,23-8+;;. The number of hydrogen-bond acceptors (Lipinski definition) is 4. The van der Waals surface area contributed by atoms with Crippen molar-refractivity contribution < 1.29 is 4.79 Å². The number of carbonyl (C=O) groups is 1. The third-order valence-electron chi connectivity index (χ3n) is 8.25. The first kappa shape index (κ1) is 38.0. The number of fused-ring (bicyclic) bond motifs is 1. The highest BCUT2D eigenvalue weighted by Gasteiger charge is 2.11. The molecule has 2 aromatic carbocycles. The zero-order valence-electron chi connectivity index (χ0n) is 29.8. The molecule has 0 fully saturated rings. The number of para-hydroxylation sites is 1. The first-order valence-corrected chi connectivity index (χ1v) is 16.7. The van der Waals surface area contributed by atoms with Crippen molar-refractivity contribution in [3.63, 3.8) is 0 Å². The number of pyridine rings is 1. The van der Waals surface area contributed by atoms with E-state index in [4.69, 9.17) is 5.73 Å². The number of hydrogen-bond donors (Lipinski definition) is 2. The quantitative estimate of drug-likeness (QED) is 0.129. The number of ketones is 1. The highest BCUT2D eigenvalue weighted by atomic mass is 16.1. The fourth-order valence-corrected chi connectivity index (χ4v) is 4.98. The Hall–Kier alpha value is -4.22. The van der Waals surface area contributed by atoms with Crippen LogP contribution in [0, 0.1) is 13.8 Å². The Labute approximate surface area is 278 Å². The summed E-state index contributed by atoms with van der Waals surface area (Å²) in [6.45, 7) is 18.3. The van der Waals surface area contributed by atoms with Gasteiger partial charge in [-0.25, -0.2) is 0 Å². The molecule has 2 atom stereocenters. The van der Waals surface area contributed by atoms with Crippen molar-refractivity contribution in [1.29, 1.82) is 0 Å². The van der Waals surface area contributed by atoms with Gasteiger partial charge in [-0.2, -0.15) is 0 Å². The van der Waals surface area contributed by atoms with Gasteiger partial charge in [0.25, 0.3) is 0 Å². The minimum Gasteiger partial charge on any atom is -0.374 e. The van der Waals surface area contributed by atoms with Crippen LogP contribution in [-0.2, 0) is 11.2 Å². The van der Waals surface area contributed by atoms with E-state index in [0.717, 1.165) is 40.8 Å². The van der Waals surface area contributed by atoms with E-state index in [-0.39, 0.29) is 17.9 Å². The minimum atomic E-state index is 0.154. The number of likely N-dealkylation sites (N-methyl/N-ethyl adjacent to an activating group) is 1. The van der Waals surface area contributed by atoms with Crippen LogP contribution >= 0.6 is 0 Å². The monoisotopic (exact) mass is 620 g/mol. The van der Waals surface area contributed by atoms with Gasteiger partial charge in [-0.15, -0.1) is 0 Å². The van der Waals surface area contributed by atoms with Crippen molar-refractivity contribution in [3.8, 4) is 11.3 Å². The van der Waals surface area contributed by atoms with Gasteiger partial charge in [-0.3, -0.25) is 9.78 Å². The van der Waals surface area contributed by atoms with Crippen LogP contribution in [0.15, 0.2) is 97.0 Å². The highest BCUT2D eigenvalue weighted by Crippen LogP contribution is 2.29. The summed E-state index contributed by atoms with van der Waals surface area (Å²) >= 11 is 0. The van der Waals surface area contributed by atoms with E-state index in [1.165, 1.54) is 27.6 Å². The first-order valence-electron chi connectivity index (χ1n) is 16.7. The molecule has 0 amide bonds. The number of nitrogens with two attached hydrogens (primary N) is 1. The second kappa shape index (κ2) is 19.3. The lowest BCUT2D eigenvalue weighted by atomic mass is 9.96. The lowest BCUT2D eigenvalue weighted by molar-refractivity contribution is -0.115. The Balaban J connectivity index is 0.000000381. The maximum absolute atomic E-state index is 11.9. The van der Waals surface area contributed by atoms with Crippen LogP contribution in [0.3, 0.4) is 0 Å². The normalized spacial score (nSPS) is 13.0. The number of Topliss-reactive ketones (excluding diaryl/α,β-unsaturated/α-hetero) is 1. The summed E-state index contributed by atoms with van der Waals surface area (Å²) in [5.41, 5.74) is 16.2. The molecule has 4 aromatic rings. The number of allylic oxidation sites excluding steroid dienone is 4. The average Bonchev–Trinajstić information content (AvgIpc) is 3.49. The summed E-state index contributed by atoms with van der Waals surface area (Å²) in [6.07, 6.45) is 14.8. The number of H-pyrrole nitrogens is 1. The Morgan fingerprint density at radius 2 is 1.76 bits per heavy atom. The van der Waals surface area contributed by atoms with Gasteiger partial charge in [0, 0.05) is 71.7 Å². The molecule has 2 unspecified atom stereocenters. The predicted octanol–water partition coefficient (Wildman–Crippen LogP) is 10.0. The zero-order chi connectivity index (χ0) is 34.2. The van der Waals surface area contributed by atoms with Crippen LogP contribution in [0.5, 0.6) is 0 Å². The fraction of sp³-hybridized carbons (Fsp3) is 0.366. The van der Waals surface area contributed by atoms with E-state index in [1.54, 1.807) is 0 Å². The summed E-state index contributed by atoms with van der Waals surface area (Å²) in [5, 5.41) is 1.30. The molecular weight excluding hydrogens is 564 g/mol. The number of carbonyl (C=O) groups excluding carboxylic acids is 1. The van der Waals surface area contributed by atoms with E-state index in [1.807, 2.05) is 59.3 Å². The number of aromatic amines is 1. The second-order valence-electron chi connectivity index (χ2n) is 11.5. The van der Waals surface area contributed by atoms with Gasteiger partial charge in [0.05, 0.1) is 5.69 Å². The molecule has 0 aliphatic carbocycles. The largest absolute Gasteiger partial charge is 0.374 e. The van der Waals surface area contributed by atoms with Gasteiger partial charge in [0.15, 0.2) is 5.78 Å². The molecule has 0 spiro atoms.